The Morgan fingerprint density at radius 2 is 2.14 bits per heavy atom. The molecular weight excluding hydrogens is 262 g/mol. The first-order chi connectivity index (χ1) is 10.3. The Morgan fingerprint density at radius 3 is 2.81 bits per heavy atom. The van der Waals surface area contributed by atoms with E-state index in [-0.39, 0.29) is 6.04 Å². The molecule has 3 rings (SSSR count). The molecule has 1 saturated heterocycles. The van der Waals surface area contributed by atoms with E-state index in [9.17, 15) is 0 Å². The highest BCUT2D eigenvalue weighted by Gasteiger charge is 2.32. The molecule has 112 valence electrons. The number of rotatable bonds is 5. The van der Waals surface area contributed by atoms with Gasteiger partial charge in [0, 0.05) is 12.1 Å². The van der Waals surface area contributed by atoms with Gasteiger partial charge in [-0.3, -0.25) is 0 Å². The van der Waals surface area contributed by atoms with E-state index in [0.29, 0.717) is 12.0 Å². The van der Waals surface area contributed by atoms with Crippen LogP contribution < -0.4 is 5.32 Å². The molecule has 4 heteroatoms. The van der Waals surface area contributed by atoms with E-state index in [1.807, 2.05) is 29.1 Å². The molecule has 2 aromatic rings. The first-order valence-electron chi connectivity index (χ1n) is 7.74. The molecule has 0 amide bonds. The van der Waals surface area contributed by atoms with Crippen molar-refractivity contribution in [2.45, 2.75) is 32.4 Å². The number of nitrogens with zero attached hydrogens (tertiary/aromatic N) is 2. The SMILES string of the molecule is CCNC(c1ccnn1-c1ccccc1)C1COC(C)C1. The Balaban J connectivity index is 1.92. The highest BCUT2D eigenvalue weighted by atomic mass is 16.5. The minimum atomic E-state index is 0.280. The lowest BCUT2D eigenvalue weighted by atomic mass is 9.94. The largest absolute Gasteiger partial charge is 0.378 e. The molecule has 4 nitrogen and oxygen atoms in total. The lowest BCUT2D eigenvalue weighted by Crippen LogP contribution is -2.30. The summed E-state index contributed by atoms with van der Waals surface area (Å²) in [5.41, 5.74) is 2.32. The van der Waals surface area contributed by atoms with Crippen LogP contribution in [-0.2, 0) is 4.74 Å². The van der Waals surface area contributed by atoms with Crippen LogP contribution in [0.4, 0.5) is 0 Å². The Labute approximate surface area is 126 Å². The predicted molar refractivity (Wildman–Crippen MR) is 83.5 cm³/mol. The van der Waals surface area contributed by atoms with Gasteiger partial charge in [-0.25, -0.2) is 4.68 Å². The van der Waals surface area contributed by atoms with Gasteiger partial charge in [0.1, 0.15) is 0 Å². The molecule has 1 N–H and O–H groups in total. The molecule has 2 heterocycles. The summed E-state index contributed by atoms with van der Waals surface area (Å²) >= 11 is 0. The van der Waals surface area contributed by atoms with Gasteiger partial charge in [0.25, 0.3) is 0 Å². The van der Waals surface area contributed by atoms with E-state index in [1.165, 1.54) is 5.69 Å². The fourth-order valence-corrected chi connectivity index (χ4v) is 3.15. The Morgan fingerprint density at radius 1 is 1.33 bits per heavy atom. The van der Waals surface area contributed by atoms with Crippen LogP contribution in [0.1, 0.15) is 32.0 Å². The molecule has 0 spiro atoms. The molecule has 1 fully saturated rings. The summed E-state index contributed by atoms with van der Waals surface area (Å²) in [6.07, 6.45) is 3.33. The van der Waals surface area contributed by atoms with Crippen molar-refractivity contribution >= 4 is 0 Å². The number of para-hydroxylation sites is 1. The van der Waals surface area contributed by atoms with Crippen molar-refractivity contribution in [3.63, 3.8) is 0 Å². The van der Waals surface area contributed by atoms with Crippen LogP contribution in [0, 0.1) is 5.92 Å². The van der Waals surface area contributed by atoms with Crippen LogP contribution in [0.2, 0.25) is 0 Å². The fourth-order valence-electron chi connectivity index (χ4n) is 3.15. The van der Waals surface area contributed by atoms with E-state index in [0.717, 1.165) is 25.3 Å². The summed E-state index contributed by atoms with van der Waals surface area (Å²) in [5, 5.41) is 8.13. The first-order valence-corrected chi connectivity index (χ1v) is 7.74. The van der Waals surface area contributed by atoms with Gasteiger partial charge < -0.3 is 10.1 Å². The highest BCUT2D eigenvalue weighted by Crippen LogP contribution is 2.32. The molecule has 3 unspecified atom stereocenters. The zero-order chi connectivity index (χ0) is 14.7. The molecule has 3 atom stereocenters. The Hall–Kier alpha value is -1.65. The van der Waals surface area contributed by atoms with Crippen LogP contribution in [0.25, 0.3) is 5.69 Å². The number of ether oxygens (including phenoxy) is 1. The van der Waals surface area contributed by atoms with Gasteiger partial charge in [0.15, 0.2) is 0 Å². The van der Waals surface area contributed by atoms with Crippen molar-refractivity contribution in [1.29, 1.82) is 0 Å². The second-order valence-corrected chi connectivity index (χ2v) is 5.68. The summed E-state index contributed by atoms with van der Waals surface area (Å²) in [6.45, 7) is 6.06. The van der Waals surface area contributed by atoms with Crippen LogP contribution in [0.5, 0.6) is 0 Å². The number of nitrogens with one attached hydrogen (secondary N) is 1. The van der Waals surface area contributed by atoms with Gasteiger partial charge >= 0.3 is 0 Å². The summed E-state index contributed by atoms with van der Waals surface area (Å²) in [6, 6.07) is 12.7. The van der Waals surface area contributed by atoms with E-state index < -0.39 is 0 Å². The maximum atomic E-state index is 5.77. The predicted octanol–water partition coefficient (Wildman–Crippen LogP) is 2.95. The molecule has 1 aromatic heterocycles. The third-order valence-corrected chi connectivity index (χ3v) is 4.12. The molecular formula is C17H23N3O. The van der Waals surface area contributed by atoms with Gasteiger partial charge in [0.2, 0.25) is 0 Å². The summed E-state index contributed by atoms with van der Waals surface area (Å²) in [4.78, 5) is 0. The van der Waals surface area contributed by atoms with Crippen LogP contribution in [0.15, 0.2) is 42.6 Å². The molecule has 0 bridgehead atoms. The van der Waals surface area contributed by atoms with Crippen molar-refractivity contribution in [3.8, 4) is 5.69 Å². The van der Waals surface area contributed by atoms with Gasteiger partial charge in [-0.15, -0.1) is 0 Å². The minimum Gasteiger partial charge on any atom is -0.378 e. The zero-order valence-corrected chi connectivity index (χ0v) is 12.7. The van der Waals surface area contributed by atoms with Crippen molar-refractivity contribution in [3.05, 3.63) is 48.3 Å². The average molecular weight is 285 g/mol. The molecule has 0 radical (unpaired) electrons. The van der Waals surface area contributed by atoms with Crippen molar-refractivity contribution in [2.24, 2.45) is 5.92 Å². The van der Waals surface area contributed by atoms with E-state index in [2.05, 4.69) is 42.5 Å². The normalized spacial score (nSPS) is 23.3. The van der Waals surface area contributed by atoms with Crippen LogP contribution >= 0.6 is 0 Å². The van der Waals surface area contributed by atoms with E-state index >= 15 is 0 Å². The summed E-state index contributed by atoms with van der Waals surface area (Å²) < 4.78 is 7.80. The average Bonchev–Trinajstić information content (AvgIpc) is 3.15. The van der Waals surface area contributed by atoms with Gasteiger partial charge in [-0.05, 0) is 38.1 Å². The lowest BCUT2D eigenvalue weighted by molar-refractivity contribution is 0.116. The fraction of sp³-hybridized carbons (Fsp3) is 0.471. The molecule has 0 saturated carbocycles. The van der Waals surface area contributed by atoms with Gasteiger partial charge in [-0.1, -0.05) is 25.1 Å². The molecule has 1 aliphatic rings. The Kier molecular flexibility index (Phi) is 4.36. The van der Waals surface area contributed by atoms with E-state index in [1.54, 1.807) is 0 Å². The standard InChI is InChI=1S/C17H23N3O/c1-3-18-17(14-11-13(2)21-12-14)16-9-10-19-20(16)15-7-5-4-6-8-15/h4-10,13-14,17-18H,3,11-12H2,1-2H3. The Bertz CT molecular complexity index is 566. The highest BCUT2D eigenvalue weighted by molar-refractivity contribution is 5.33. The molecule has 21 heavy (non-hydrogen) atoms. The summed E-state index contributed by atoms with van der Waals surface area (Å²) in [7, 11) is 0. The van der Waals surface area contributed by atoms with Crippen molar-refractivity contribution in [1.82, 2.24) is 15.1 Å². The van der Waals surface area contributed by atoms with Crippen LogP contribution in [0.3, 0.4) is 0 Å². The third kappa shape index (κ3) is 3.01. The number of benzene rings is 1. The second kappa shape index (κ2) is 6.41. The topological polar surface area (TPSA) is 39.1 Å². The monoisotopic (exact) mass is 285 g/mol. The third-order valence-electron chi connectivity index (χ3n) is 4.12. The smallest absolute Gasteiger partial charge is 0.0649 e. The second-order valence-electron chi connectivity index (χ2n) is 5.68. The van der Waals surface area contributed by atoms with Crippen LogP contribution in [-0.4, -0.2) is 29.0 Å². The molecule has 1 aromatic carbocycles. The van der Waals surface area contributed by atoms with Gasteiger partial charge in [0.05, 0.1) is 30.1 Å². The number of hydrogen-bond donors (Lipinski definition) is 1. The van der Waals surface area contributed by atoms with Gasteiger partial charge in [-0.2, -0.15) is 5.10 Å². The number of aromatic nitrogens is 2. The quantitative estimate of drug-likeness (QED) is 0.918. The van der Waals surface area contributed by atoms with Crippen molar-refractivity contribution in [2.75, 3.05) is 13.2 Å². The minimum absolute atomic E-state index is 0.280. The number of hydrogen-bond acceptors (Lipinski definition) is 3. The zero-order valence-electron chi connectivity index (χ0n) is 12.7. The van der Waals surface area contributed by atoms with E-state index in [4.69, 9.17) is 4.74 Å². The summed E-state index contributed by atoms with van der Waals surface area (Å²) in [5.74, 6) is 0.499. The molecule has 1 aliphatic heterocycles. The maximum absolute atomic E-state index is 5.77. The first kappa shape index (κ1) is 14.3. The molecule has 0 aliphatic carbocycles. The lowest BCUT2D eigenvalue weighted by Gasteiger charge is -2.24. The van der Waals surface area contributed by atoms with Crippen molar-refractivity contribution < 1.29 is 4.74 Å². The maximum Gasteiger partial charge on any atom is 0.0649 e.